The molecule has 0 saturated heterocycles. The van der Waals surface area contributed by atoms with Crippen molar-refractivity contribution in [2.45, 2.75) is 58.7 Å². The monoisotopic (exact) mass is 590 g/mol. The molecule has 2 amide bonds. The molecular weight excluding hydrogens is 557 g/mol. The number of carbonyl (C=O) groups is 2. The van der Waals surface area contributed by atoms with E-state index in [0.717, 1.165) is 43.2 Å². The van der Waals surface area contributed by atoms with Crippen molar-refractivity contribution in [1.29, 1.82) is 0 Å². The van der Waals surface area contributed by atoms with E-state index in [0.29, 0.717) is 22.8 Å². The second-order valence-electron chi connectivity index (χ2n) is 9.55. The quantitative estimate of drug-likeness (QED) is 0.219. The molecule has 4 N–H and O–H groups in total. The predicted molar refractivity (Wildman–Crippen MR) is 151 cm³/mol. The third-order valence-corrected chi connectivity index (χ3v) is 7.37. The van der Waals surface area contributed by atoms with Crippen molar-refractivity contribution in [3.63, 3.8) is 0 Å². The van der Waals surface area contributed by atoms with Gasteiger partial charge in [-0.1, -0.05) is 31.4 Å². The summed E-state index contributed by atoms with van der Waals surface area (Å²) in [5.74, 6) is -0.557. The van der Waals surface area contributed by atoms with E-state index >= 15 is 0 Å². The summed E-state index contributed by atoms with van der Waals surface area (Å²) >= 11 is 0. The van der Waals surface area contributed by atoms with Crippen LogP contribution >= 0.6 is 7.82 Å². The van der Waals surface area contributed by atoms with E-state index in [2.05, 4.69) is 25.4 Å². The summed E-state index contributed by atoms with van der Waals surface area (Å²) in [6, 6.07) is 8.17. The summed E-state index contributed by atoms with van der Waals surface area (Å²) < 4.78 is 18.5. The van der Waals surface area contributed by atoms with Crippen LogP contribution in [0.5, 0.6) is 0 Å². The molecule has 1 aromatic carbocycles. The molecule has 0 spiro atoms. The molecule has 1 fully saturated rings. The minimum Gasteiger partial charge on any atom is -0.339 e. The Hall–Kier alpha value is -1.31. The molecule has 0 bridgehead atoms. The third-order valence-electron chi connectivity index (χ3n) is 6.91. The number of aromatic nitrogens is 4. The normalized spacial score (nSPS) is 14.5. The SMILES string of the molecule is Cc1nn(COP(=O)(O)O)c(C)c1-c1ccc(NC(=O)[C@@H](NC(=O)c2ccnn2C)C2CCCCC2)cc1.[Na].[Na]. The summed E-state index contributed by atoms with van der Waals surface area (Å²) in [5, 5.41) is 14.3. The van der Waals surface area contributed by atoms with E-state index in [1.54, 1.807) is 45.3 Å². The van der Waals surface area contributed by atoms with Crippen molar-refractivity contribution in [3.05, 3.63) is 53.6 Å². The zero-order valence-corrected chi connectivity index (χ0v) is 28.5. The van der Waals surface area contributed by atoms with Gasteiger partial charge in [0.25, 0.3) is 5.91 Å². The standard InChI is InChI=1S/C25H33N6O6P.2Na/c1-16-22(17(2)31(29-16)15-37-38(34,35)36)18-9-11-20(12-10-18)27-25(33)23(19-7-5-4-6-8-19)28-24(32)21-13-14-26-30(21)3;;/h9-14,19,23H,4-8,15H2,1-3H3,(H,27,33)(H,28,32)(H2,34,35,36);;/t23-;;/m0../s1. The van der Waals surface area contributed by atoms with Crippen LogP contribution in [-0.2, 0) is 27.7 Å². The summed E-state index contributed by atoms with van der Waals surface area (Å²) in [6.07, 6.45) is 6.47. The maximum absolute atomic E-state index is 13.4. The molecule has 2 radical (unpaired) electrons. The number of amides is 2. The van der Waals surface area contributed by atoms with E-state index in [4.69, 9.17) is 9.79 Å². The van der Waals surface area contributed by atoms with E-state index in [9.17, 15) is 14.2 Å². The van der Waals surface area contributed by atoms with Crippen LogP contribution in [0.1, 0.15) is 54.0 Å². The van der Waals surface area contributed by atoms with Crippen molar-refractivity contribution in [2.75, 3.05) is 5.32 Å². The van der Waals surface area contributed by atoms with Crippen LogP contribution in [0.15, 0.2) is 36.5 Å². The maximum Gasteiger partial charge on any atom is 0.471 e. The first-order valence-electron chi connectivity index (χ1n) is 12.5. The number of anilines is 1. The van der Waals surface area contributed by atoms with Crippen molar-refractivity contribution in [2.24, 2.45) is 13.0 Å². The average Bonchev–Trinajstić information content (AvgIpc) is 3.43. The Kier molecular flexibility index (Phi) is 13.3. The molecule has 1 saturated carbocycles. The Morgan fingerprint density at radius 3 is 2.33 bits per heavy atom. The van der Waals surface area contributed by atoms with Crippen LogP contribution in [0, 0.1) is 19.8 Å². The summed E-state index contributed by atoms with van der Waals surface area (Å²) in [7, 11) is -2.94. The Balaban J connectivity index is 0.00000280. The average molecular weight is 591 g/mol. The summed E-state index contributed by atoms with van der Waals surface area (Å²) in [4.78, 5) is 44.2. The van der Waals surface area contributed by atoms with Gasteiger partial charge in [-0.25, -0.2) is 9.25 Å². The number of hydrogen-bond acceptors (Lipinski definition) is 6. The van der Waals surface area contributed by atoms with Crippen LogP contribution in [0.4, 0.5) is 5.69 Å². The Morgan fingerprint density at radius 2 is 1.75 bits per heavy atom. The number of nitrogens with zero attached hydrogens (tertiary/aromatic N) is 4. The number of nitrogens with one attached hydrogen (secondary N) is 2. The molecule has 1 aliphatic carbocycles. The Labute approximate surface area is 277 Å². The van der Waals surface area contributed by atoms with E-state index in [1.807, 2.05) is 12.1 Å². The van der Waals surface area contributed by atoms with Crippen LogP contribution in [0.25, 0.3) is 11.1 Å². The molecule has 12 nitrogen and oxygen atoms in total. The molecule has 0 unspecified atom stereocenters. The van der Waals surface area contributed by atoms with Crippen LogP contribution in [-0.4, -0.2) is 106 Å². The van der Waals surface area contributed by atoms with Crippen molar-refractivity contribution < 1.29 is 28.5 Å². The van der Waals surface area contributed by atoms with Crippen LogP contribution in [0.2, 0.25) is 0 Å². The van der Waals surface area contributed by atoms with Gasteiger partial charge in [0.15, 0.2) is 6.73 Å². The fourth-order valence-electron chi connectivity index (χ4n) is 4.99. The van der Waals surface area contributed by atoms with Gasteiger partial charge in [0.05, 0.1) is 5.69 Å². The molecule has 2 heterocycles. The first-order chi connectivity index (χ1) is 18.0. The van der Waals surface area contributed by atoms with E-state index < -0.39 is 13.9 Å². The van der Waals surface area contributed by atoms with Gasteiger partial charge in [-0.05, 0) is 56.4 Å². The molecular formula is C25H33N6Na2O6P. The van der Waals surface area contributed by atoms with Gasteiger partial charge < -0.3 is 20.4 Å². The number of phosphoric acid groups is 1. The number of rotatable bonds is 9. The molecule has 206 valence electrons. The van der Waals surface area contributed by atoms with Gasteiger partial charge >= 0.3 is 7.82 Å². The third kappa shape index (κ3) is 8.84. The number of benzene rings is 1. The van der Waals surface area contributed by atoms with Crippen molar-refractivity contribution in [1.82, 2.24) is 24.9 Å². The Morgan fingerprint density at radius 1 is 1.10 bits per heavy atom. The summed E-state index contributed by atoms with van der Waals surface area (Å²) in [5.41, 5.74) is 3.96. The van der Waals surface area contributed by atoms with Crippen molar-refractivity contribution in [3.8, 4) is 11.1 Å². The largest absolute Gasteiger partial charge is 0.471 e. The zero-order chi connectivity index (χ0) is 27.4. The van der Waals surface area contributed by atoms with E-state index in [-0.39, 0.29) is 83.6 Å². The number of hydrogen-bond donors (Lipinski definition) is 4. The smallest absolute Gasteiger partial charge is 0.339 e. The fraction of sp³-hybridized carbons (Fsp3) is 0.440. The molecule has 1 atom stereocenters. The van der Waals surface area contributed by atoms with Crippen LogP contribution < -0.4 is 10.6 Å². The first kappa shape index (κ1) is 34.9. The molecule has 3 aromatic rings. The molecule has 15 heteroatoms. The topological polar surface area (TPSA) is 161 Å². The zero-order valence-electron chi connectivity index (χ0n) is 23.6. The van der Waals surface area contributed by atoms with Crippen molar-refractivity contribution >= 4 is 84.4 Å². The minimum atomic E-state index is -4.63. The molecule has 1 aliphatic rings. The predicted octanol–water partition coefficient (Wildman–Crippen LogP) is 2.52. The summed E-state index contributed by atoms with van der Waals surface area (Å²) in [6.45, 7) is 3.21. The van der Waals surface area contributed by atoms with Gasteiger partial charge in [-0.2, -0.15) is 10.2 Å². The molecule has 0 aliphatic heterocycles. The first-order valence-corrected chi connectivity index (χ1v) is 14.0. The van der Waals surface area contributed by atoms with Gasteiger partial charge in [-0.15, -0.1) is 0 Å². The van der Waals surface area contributed by atoms with Gasteiger partial charge in [-0.3, -0.25) is 18.8 Å². The van der Waals surface area contributed by atoms with Gasteiger partial charge in [0, 0.05) is 89.3 Å². The maximum atomic E-state index is 13.4. The van der Waals surface area contributed by atoms with Gasteiger partial charge in [0.2, 0.25) is 5.91 Å². The molecule has 2 aromatic heterocycles. The minimum absolute atomic E-state index is 0. The Bertz CT molecular complexity index is 1350. The van der Waals surface area contributed by atoms with Gasteiger partial charge in [0.1, 0.15) is 11.7 Å². The van der Waals surface area contributed by atoms with Crippen LogP contribution in [0.3, 0.4) is 0 Å². The van der Waals surface area contributed by atoms with E-state index in [1.165, 1.54) is 9.36 Å². The molecule has 40 heavy (non-hydrogen) atoms. The number of phosphoric ester groups is 1. The fourth-order valence-corrected chi connectivity index (χ4v) is 5.25. The second-order valence-corrected chi connectivity index (χ2v) is 10.8. The number of carbonyl (C=O) groups excluding carboxylic acids is 2. The number of aryl methyl sites for hydroxylation is 2. The molecule has 4 rings (SSSR count). The second kappa shape index (κ2) is 15.2.